The number of rotatable bonds is 7. The van der Waals surface area contributed by atoms with Crippen LogP contribution in [0.3, 0.4) is 0 Å². The molecular formula is C22H28O2. The van der Waals surface area contributed by atoms with Crippen LogP contribution in [-0.4, -0.2) is 11.6 Å². The minimum atomic E-state index is 0.277. The average molecular weight is 324 g/mol. The van der Waals surface area contributed by atoms with Crippen molar-refractivity contribution in [3.63, 3.8) is 0 Å². The smallest absolute Gasteiger partial charge is 0.137 e. The number of hydrogen-bond acceptors (Lipinski definition) is 2. The molecule has 0 heterocycles. The van der Waals surface area contributed by atoms with E-state index in [1.807, 2.05) is 0 Å². The van der Waals surface area contributed by atoms with E-state index in [0.29, 0.717) is 30.3 Å². The Hall–Kier alpha value is -1.70. The molecule has 2 aliphatic rings. The second-order valence-electron chi connectivity index (χ2n) is 7.59. The number of ketones is 2. The number of hydrogen-bond donors (Lipinski definition) is 0. The lowest BCUT2D eigenvalue weighted by atomic mass is 9.77. The fourth-order valence-corrected chi connectivity index (χ4v) is 4.23. The van der Waals surface area contributed by atoms with Gasteiger partial charge >= 0.3 is 0 Å². The average Bonchev–Trinajstić information content (AvgIpc) is 3.03. The van der Waals surface area contributed by atoms with Gasteiger partial charge in [-0.3, -0.25) is 9.59 Å². The van der Waals surface area contributed by atoms with E-state index in [-0.39, 0.29) is 5.92 Å². The Morgan fingerprint density at radius 1 is 1.21 bits per heavy atom. The summed E-state index contributed by atoms with van der Waals surface area (Å²) in [6.45, 7) is 1.72. The number of carbonyl (C=O) groups excluding carboxylic acids is 2. The van der Waals surface area contributed by atoms with Gasteiger partial charge in [-0.05, 0) is 55.2 Å². The first-order valence-electron chi connectivity index (χ1n) is 9.42. The second kappa shape index (κ2) is 7.92. The summed E-state index contributed by atoms with van der Waals surface area (Å²) < 4.78 is 0. The van der Waals surface area contributed by atoms with Crippen LogP contribution in [0.15, 0.2) is 24.3 Å². The summed E-state index contributed by atoms with van der Waals surface area (Å²) in [6.07, 6.45) is 13.2. The Balaban J connectivity index is 1.41. The number of fused-ring (bicyclic) bond motifs is 1. The standard InChI is InChI=1S/C22H28O2/c1-16(23)20-8-2-5-17(13-20)6-3-10-22(24)15-18-11-12-19-7-4-9-21(19)14-18/h4,9,11-12,14,17,20H,2-3,5-8,10,13,15H2,1H3. The van der Waals surface area contributed by atoms with Crippen molar-refractivity contribution >= 4 is 17.6 Å². The predicted molar refractivity (Wildman–Crippen MR) is 97.9 cm³/mol. The molecule has 1 saturated carbocycles. The number of carbonyl (C=O) groups is 2. The van der Waals surface area contributed by atoms with E-state index < -0.39 is 0 Å². The third kappa shape index (κ3) is 4.43. The Bertz CT molecular complexity index is 641. The highest BCUT2D eigenvalue weighted by Gasteiger charge is 2.24. The van der Waals surface area contributed by atoms with Crippen LogP contribution in [0.1, 0.15) is 68.6 Å². The van der Waals surface area contributed by atoms with Gasteiger partial charge in [-0.1, -0.05) is 49.6 Å². The van der Waals surface area contributed by atoms with E-state index in [1.165, 1.54) is 24.0 Å². The van der Waals surface area contributed by atoms with Crippen LogP contribution >= 0.6 is 0 Å². The van der Waals surface area contributed by atoms with Crippen LogP contribution in [0.2, 0.25) is 0 Å². The van der Waals surface area contributed by atoms with E-state index in [0.717, 1.165) is 37.7 Å². The maximum absolute atomic E-state index is 12.3. The Labute approximate surface area is 145 Å². The molecule has 0 spiro atoms. The number of benzene rings is 1. The first-order chi connectivity index (χ1) is 11.6. The number of Topliss-reactive ketones (excluding diaryl/α,β-unsaturated/α-hetero) is 2. The fourth-order valence-electron chi connectivity index (χ4n) is 4.23. The number of allylic oxidation sites excluding steroid dienone is 1. The van der Waals surface area contributed by atoms with E-state index in [2.05, 4.69) is 30.4 Å². The first kappa shape index (κ1) is 17.1. The SMILES string of the molecule is CC(=O)C1CCCC(CCCC(=O)Cc2ccc3c(c2)C=CC3)C1. The van der Waals surface area contributed by atoms with Gasteiger partial charge in [-0.25, -0.2) is 0 Å². The van der Waals surface area contributed by atoms with Crippen LogP contribution < -0.4 is 0 Å². The van der Waals surface area contributed by atoms with Crippen LogP contribution in [0.4, 0.5) is 0 Å². The summed E-state index contributed by atoms with van der Waals surface area (Å²) in [5.74, 6) is 1.61. The monoisotopic (exact) mass is 324 g/mol. The summed E-state index contributed by atoms with van der Waals surface area (Å²) in [5.41, 5.74) is 3.78. The summed E-state index contributed by atoms with van der Waals surface area (Å²) in [5, 5.41) is 0. The zero-order valence-corrected chi connectivity index (χ0v) is 14.7. The van der Waals surface area contributed by atoms with Crippen LogP contribution in [0.5, 0.6) is 0 Å². The van der Waals surface area contributed by atoms with Gasteiger partial charge in [0.1, 0.15) is 11.6 Å². The Morgan fingerprint density at radius 3 is 2.92 bits per heavy atom. The van der Waals surface area contributed by atoms with E-state index >= 15 is 0 Å². The molecule has 3 rings (SSSR count). The third-order valence-electron chi connectivity index (χ3n) is 5.67. The van der Waals surface area contributed by atoms with Crippen molar-refractivity contribution in [2.45, 2.75) is 64.7 Å². The molecule has 0 aromatic heterocycles. The van der Waals surface area contributed by atoms with Crippen molar-refractivity contribution in [2.75, 3.05) is 0 Å². The van der Waals surface area contributed by atoms with Crippen molar-refractivity contribution in [1.29, 1.82) is 0 Å². The maximum Gasteiger partial charge on any atom is 0.137 e. The van der Waals surface area contributed by atoms with Gasteiger partial charge in [0, 0.05) is 18.8 Å². The van der Waals surface area contributed by atoms with Crippen molar-refractivity contribution in [3.05, 3.63) is 41.0 Å². The fraction of sp³-hybridized carbons (Fsp3) is 0.545. The molecule has 2 unspecified atom stereocenters. The molecule has 0 amide bonds. The Morgan fingerprint density at radius 2 is 2.08 bits per heavy atom. The van der Waals surface area contributed by atoms with Crippen molar-refractivity contribution in [2.24, 2.45) is 11.8 Å². The highest BCUT2D eigenvalue weighted by molar-refractivity contribution is 5.81. The molecular weight excluding hydrogens is 296 g/mol. The van der Waals surface area contributed by atoms with Crippen LogP contribution in [0, 0.1) is 11.8 Å². The van der Waals surface area contributed by atoms with Crippen molar-refractivity contribution < 1.29 is 9.59 Å². The quantitative estimate of drug-likeness (QED) is 0.712. The van der Waals surface area contributed by atoms with Gasteiger partial charge in [-0.15, -0.1) is 0 Å². The molecule has 2 heteroatoms. The summed E-state index contributed by atoms with van der Waals surface area (Å²) in [7, 11) is 0. The second-order valence-corrected chi connectivity index (χ2v) is 7.59. The van der Waals surface area contributed by atoms with E-state index in [9.17, 15) is 9.59 Å². The molecule has 128 valence electrons. The molecule has 0 radical (unpaired) electrons. The van der Waals surface area contributed by atoms with Gasteiger partial charge in [0.25, 0.3) is 0 Å². The van der Waals surface area contributed by atoms with Gasteiger partial charge < -0.3 is 0 Å². The van der Waals surface area contributed by atoms with Gasteiger partial charge in [0.05, 0.1) is 0 Å². The van der Waals surface area contributed by atoms with E-state index in [4.69, 9.17) is 0 Å². The molecule has 2 atom stereocenters. The third-order valence-corrected chi connectivity index (χ3v) is 5.67. The van der Waals surface area contributed by atoms with E-state index in [1.54, 1.807) is 6.92 Å². The molecule has 0 saturated heterocycles. The molecule has 1 fully saturated rings. The molecule has 1 aromatic carbocycles. The normalized spacial score (nSPS) is 22.4. The maximum atomic E-state index is 12.3. The van der Waals surface area contributed by atoms with Crippen molar-refractivity contribution in [1.82, 2.24) is 0 Å². The lowest BCUT2D eigenvalue weighted by molar-refractivity contribution is -0.122. The van der Waals surface area contributed by atoms with Crippen LogP contribution in [0.25, 0.3) is 6.08 Å². The molecule has 1 aromatic rings. The topological polar surface area (TPSA) is 34.1 Å². The largest absolute Gasteiger partial charge is 0.300 e. The molecule has 2 aliphatic carbocycles. The lowest BCUT2D eigenvalue weighted by Crippen LogP contribution is -2.21. The highest BCUT2D eigenvalue weighted by Crippen LogP contribution is 2.32. The van der Waals surface area contributed by atoms with Gasteiger partial charge in [0.2, 0.25) is 0 Å². The van der Waals surface area contributed by atoms with Crippen LogP contribution in [-0.2, 0) is 22.4 Å². The molecule has 0 bridgehead atoms. The molecule has 0 N–H and O–H groups in total. The summed E-state index contributed by atoms with van der Waals surface area (Å²) >= 11 is 0. The van der Waals surface area contributed by atoms with Gasteiger partial charge in [-0.2, -0.15) is 0 Å². The van der Waals surface area contributed by atoms with Crippen molar-refractivity contribution in [3.8, 4) is 0 Å². The highest BCUT2D eigenvalue weighted by atomic mass is 16.1. The Kier molecular flexibility index (Phi) is 5.65. The predicted octanol–water partition coefficient (Wildman–Crippen LogP) is 4.93. The summed E-state index contributed by atoms with van der Waals surface area (Å²) in [6, 6.07) is 6.42. The zero-order chi connectivity index (χ0) is 16.9. The minimum Gasteiger partial charge on any atom is -0.300 e. The summed E-state index contributed by atoms with van der Waals surface area (Å²) in [4.78, 5) is 23.8. The minimum absolute atomic E-state index is 0.277. The first-order valence-corrected chi connectivity index (χ1v) is 9.42. The lowest BCUT2D eigenvalue weighted by Gasteiger charge is -2.27. The zero-order valence-electron chi connectivity index (χ0n) is 14.7. The molecule has 24 heavy (non-hydrogen) atoms. The van der Waals surface area contributed by atoms with Gasteiger partial charge in [0.15, 0.2) is 0 Å². The molecule has 2 nitrogen and oxygen atoms in total. The molecule has 0 aliphatic heterocycles.